The number of aromatic nitrogens is 2. The molecule has 1 aromatic carbocycles. The van der Waals surface area contributed by atoms with E-state index in [0.717, 1.165) is 6.07 Å². The van der Waals surface area contributed by atoms with Gasteiger partial charge in [-0.15, -0.1) is 0 Å². The Morgan fingerprint density at radius 1 is 1.30 bits per heavy atom. The summed E-state index contributed by atoms with van der Waals surface area (Å²) in [5, 5.41) is 10.1. The van der Waals surface area contributed by atoms with E-state index < -0.39 is 11.7 Å². The monoisotopic (exact) mass is 383 g/mol. The molecule has 2 N–H and O–H groups in total. The van der Waals surface area contributed by atoms with E-state index in [4.69, 9.17) is 4.52 Å². The highest BCUT2D eigenvalue weighted by Gasteiger charge is 2.30. The van der Waals surface area contributed by atoms with Gasteiger partial charge in [0.05, 0.1) is 5.56 Å². The van der Waals surface area contributed by atoms with Crippen molar-refractivity contribution in [2.45, 2.75) is 45.8 Å². The Balaban J connectivity index is 1.90. The van der Waals surface area contributed by atoms with E-state index in [1.54, 1.807) is 13.0 Å². The number of hydrogen-bond acceptors (Lipinski definition) is 4. The number of benzene rings is 1. The van der Waals surface area contributed by atoms with Gasteiger partial charge in [-0.2, -0.15) is 18.2 Å². The van der Waals surface area contributed by atoms with Crippen LogP contribution < -0.4 is 10.6 Å². The Labute approximate surface area is 156 Å². The summed E-state index contributed by atoms with van der Waals surface area (Å²) < 4.78 is 43.4. The third-order valence-corrected chi connectivity index (χ3v) is 3.95. The summed E-state index contributed by atoms with van der Waals surface area (Å²) in [5.74, 6) is 1.54. The van der Waals surface area contributed by atoms with E-state index in [1.807, 2.05) is 13.8 Å². The minimum Gasteiger partial charge on any atom is -0.357 e. The van der Waals surface area contributed by atoms with Crippen LogP contribution in [0.25, 0.3) is 0 Å². The first-order valence-electron chi connectivity index (χ1n) is 8.78. The Morgan fingerprint density at radius 2 is 2.07 bits per heavy atom. The summed E-state index contributed by atoms with van der Waals surface area (Å²) in [5.41, 5.74) is 0.0425. The van der Waals surface area contributed by atoms with Gasteiger partial charge in [0.2, 0.25) is 5.89 Å². The molecule has 1 heterocycles. The predicted octanol–water partition coefficient (Wildman–Crippen LogP) is 3.65. The fourth-order valence-electron chi connectivity index (χ4n) is 2.49. The van der Waals surface area contributed by atoms with Gasteiger partial charge in [0.15, 0.2) is 11.8 Å². The third kappa shape index (κ3) is 6.58. The van der Waals surface area contributed by atoms with E-state index in [9.17, 15) is 13.2 Å². The summed E-state index contributed by atoms with van der Waals surface area (Å²) in [6.45, 7) is 7.08. The van der Waals surface area contributed by atoms with Crippen LogP contribution in [0.1, 0.15) is 49.0 Å². The maximum absolute atomic E-state index is 12.8. The zero-order chi connectivity index (χ0) is 19.9. The molecule has 0 aliphatic heterocycles. The molecule has 1 unspecified atom stereocenters. The Bertz CT molecular complexity index is 757. The smallest absolute Gasteiger partial charge is 0.357 e. The number of nitrogens with one attached hydrogen (secondary N) is 2. The fourth-order valence-corrected chi connectivity index (χ4v) is 2.49. The minimum absolute atomic E-state index is 0.0254. The van der Waals surface area contributed by atoms with Crippen molar-refractivity contribution in [3.63, 3.8) is 0 Å². The molecule has 0 saturated heterocycles. The molecule has 0 saturated carbocycles. The maximum Gasteiger partial charge on any atom is 0.416 e. The van der Waals surface area contributed by atoms with Crippen LogP contribution in [-0.4, -0.2) is 29.2 Å². The second kappa shape index (κ2) is 9.38. The highest BCUT2D eigenvalue weighted by atomic mass is 19.4. The number of aryl methyl sites for hydroxylation is 1. The first-order chi connectivity index (χ1) is 12.8. The second-order valence-electron chi connectivity index (χ2n) is 6.16. The van der Waals surface area contributed by atoms with Gasteiger partial charge in [0, 0.05) is 20.0 Å². The molecule has 27 heavy (non-hydrogen) atoms. The van der Waals surface area contributed by atoms with Crippen molar-refractivity contribution in [2.75, 3.05) is 13.1 Å². The van der Waals surface area contributed by atoms with E-state index in [1.165, 1.54) is 12.1 Å². The molecule has 0 aliphatic carbocycles. The maximum atomic E-state index is 12.8. The summed E-state index contributed by atoms with van der Waals surface area (Å²) in [6.07, 6.45) is -3.67. The highest BCUT2D eigenvalue weighted by Crippen LogP contribution is 2.31. The molecule has 0 radical (unpaired) electrons. The molecule has 148 valence electrons. The van der Waals surface area contributed by atoms with Crippen molar-refractivity contribution >= 4 is 5.96 Å². The highest BCUT2D eigenvalue weighted by molar-refractivity contribution is 5.79. The molecule has 0 spiro atoms. The molecule has 0 fully saturated rings. The molecular weight excluding hydrogens is 359 g/mol. The van der Waals surface area contributed by atoms with Crippen LogP contribution in [0, 0.1) is 6.92 Å². The van der Waals surface area contributed by atoms with E-state index in [-0.39, 0.29) is 12.5 Å². The number of aliphatic imine (C=N–C) groups is 1. The van der Waals surface area contributed by atoms with Crippen LogP contribution >= 0.6 is 0 Å². The van der Waals surface area contributed by atoms with Crippen LogP contribution in [0.3, 0.4) is 0 Å². The van der Waals surface area contributed by atoms with E-state index in [2.05, 4.69) is 25.8 Å². The lowest BCUT2D eigenvalue weighted by Crippen LogP contribution is -2.38. The Kier molecular flexibility index (Phi) is 7.20. The van der Waals surface area contributed by atoms with Crippen molar-refractivity contribution in [2.24, 2.45) is 4.99 Å². The van der Waals surface area contributed by atoms with Gasteiger partial charge in [-0.1, -0.05) is 30.3 Å². The topological polar surface area (TPSA) is 75.3 Å². The molecule has 0 amide bonds. The van der Waals surface area contributed by atoms with Gasteiger partial charge >= 0.3 is 6.18 Å². The van der Waals surface area contributed by atoms with Gasteiger partial charge in [0.1, 0.15) is 6.54 Å². The van der Waals surface area contributed by atoms with E-state index in [0.29, 0.717) is 42.7 Å². The van der Waals surface area contributed by atoms with Crippen molar-refractivity contribution in [3.8, 4) is 0 Å². The molecule has 1 atom stereocenters. The predicted molar refractivity (Wildman–Crippen MR) is 96.3 cm³/mol. The molecular formula is C18H24F3N5O. The Hall–Kier alpha value is -2.58. The molecule has 2 aromatic rings. The van der Waals surface area contributed by atoms with Gasteiger partial charge in [-0.25, -0.2) is 4.99 Å². The lowest BCUT2D eigenvalue weighted by atomic mass is 9.96. The number of alkyl halides is 3. The van der Waals surface area contributed by atoms with Crippen LogP contribution in [0.2, 0.25) is 0 Å². The van der Waals surface area contributed by atoms with Crippen molar-refractivity contribution in [3.05, 3.63) is 47.1 Å². The summed E-state index contributed by atoms with van der Waals surface area (Å²) in [6, 6.07) is 5.46. The number of rotatable bonds is 7. The quantitative estimate of drug-likeness (QED) is 0.564. The lowest BCUT2D eigenvalue weighted by molar-refractivity contribution is -0.137. The molecule has 0 bridgehead atoms. The van der Waals surface area contributed by atoms with Crippen molar-refractivity contribution in [1.82, 2.24) is 20.8 Å². The van der Waals surface area contributed by atoms with Gasteiger partial charge in [0.25, 0.3) is 0 Å². The first kappa shape index (κ1) is 20.7. The van der Waals surface area contributed by atoms with Crippen LogP contribution in [0.5, 0.6) is 0 Å². The SMILES string of the molecule is CCNC(=NCc1noc(C)n1)NCCC(C)c1cccc(C(F)(F)F)c1. The number of halogens is 3. The van der Waals surface area contributed by atoms with Crippen molar-refractivity contribution in [1.29, 1.82) is 0 Å². The minimum atomic E-state index is -4.33. The van der Waals surface area contributed by atoms with Gasteiger partial charge in [-0.3, -0.25) is 0 Å². The lowest BCUT2D eigenvalue weighted by Gasteiger charge is -2.16. The van der Waals surface area contributed by atoms with Crippen molar-refractivity contribution < 1.29 is 17.7 Å². The number of nitrogens with zero attached hydrogens (tertiary/aromatic N) is 3. The summed E-state index contributed by atoms with van der Waals surface area (Å²) in [7, 11) is 0. The van der Waals surface area contributed by atoms with Gasteiger partial charge in [-0.05, 0) is 30.9 Å². The second-order valence-corrected chi connectivity index (χ2v) is 6.16. The number of guanidine groups is 1. The zero-order valence-electron chi connectivity index (χ0n) is 15.6. The number of hydrogen-bond donors (Lipinski definition) is 2. The third-order valence-electron chi connectivity index (χ3n) is 3.95. The van der Waals surface area contributed by atoms with Crippen LogP contribution in [-0.2, 0) is 12.7 Å². The molecule has 9 heteroatoms. The average Bonchev–Trinajstić information content (AvgIpc) is 3.04. The molecule has 6 nitrogen and oxygen atoms in total. The fraction of sp³-hybridized carbons (Fsp3) is 0.500. The standard InChI is InChI=1S/C18H24F3N5O/c1-4-22-17(24-11-16-25-13(3)27-26-16)23-9-8-12(2)14-6-5-7-15(10-14)18(19,20)21/h5-7,10,12H,4,8-9,11H2,1-3H3,(H2,22,23,24). The molecule has 0 aliphatic rings. The van der Waals surface area contributed by atoms with Gasteiger partial charge < -0.3 is 15.2 Å². The van der Waals surface area contributed by atoms with Crippen LogP contribution in [0.15, 0.2) is 33.8 Å². The molecule has 2 rings (SSSR count). The summed E-state index contributed by atoms with van der Waals surface area (Å²) in [4.78, 5) is 8.46. The largest absolute Gasteiger partial charge is 0.416 e. The normalized spacial score (nSPS) is 13.5. The Morgan fingerprint density at radius 3 is 2.70 bits per heavy atom. The summed E-state index contributed by atoms with van der Waals surface area (Å²) >= 11 is 0. The molecule has 1 aromatic heterocycles. The van der Waals surface area contributed by atoms with Crippen LogP contribution in [0.4, 0.5) is 13.2 Å². The average molecular weight is 383 g/mol. The first-order valence-corrected chi connectivity index (χ1v) is 8.78. The zero-order valence-corrected chi connectivity index (χ0v) is 15.6. The van der Waals surface area contributed by atoms with E-state index >= 15 is 0 Å².